The highest BCUT2D eigenvalue weighted by atomic mass is 16.1. The van der Waals surface area contributed by atoms with E-state index in [1.807, 2.05) is 43.6 Å². The smallest absolute Gasteiger partial charge is 0.252 e. The van der Waals surface area contributed by atoms with Gasteiger partial charge >= 0.3 is 0 Å². The van der Waals surface area contributed by atoms with Gasteiger partial charge in [-0.05, 0) is 43.7 Å². The van der Waals surface area contributed by atoms with Gasteiger partial charge in [-0.3, -0.25) is 4.79 Å². The third-order valence-corrected chi connectivity index (χ3v) is 7.82. The fraction of sp³-hybridized carbons (Fsp3) is 0.375. The summed E-state index contributed by atoms with van der Waals surface area (Å²) >= 11 is 0. The van der Waals surface area contributed by atoms with Gasteiger partial charge in [0.15, 0.2) is 0 Å². The fourth-order valence-corrected chi connectivity index (χ4v) is 5.02. The minimum absolute atomic E-state index is 0.0194. The van der Waals surface area contributed by atoms with Gasteiger partial charge in [0.2, 0.25) is 5.82 Å². The van der Waals surface area contributed by atoms with Crippen LogP contribution in [0.15, 0.2) is 42.7 Å². The average Bonchev–Trinajstić information content (AvgIpc) is 3.55. The zero-order chi connectivity index (χ0) is 24.1. The summed E-state index contributed by atoms with van der Waals surface area (Å²) in [4.78, 5) is 12.3. The highest BCUT2D eigenvalue weighted by molar-refractivity contribution is 6.02. The number of aromatic nitrogens is 6. The number of nitrogens with one attached hydrogen (secondary N) is 3. The lowest BCUT2D eigenvalue weighted by atomic mass is 9.74. The first-order chi connectivity index (χ1) is 16.2. The number of carbonyl (C=O) groups is 1. The number of aromatic amines is 1. The molecular weight excluding hydrogens is 430 g/mol. The van der Waals surface area contributed by atoms with Crippen LogP contribution in [0.2, 0.25) is 0 Å². The number of hydrogen-bond donors (Lipinski definition) is 4. The van der Waals surface area contributed by atoms with Gasteiger partial charge in [-0.1, -0.05) is 38.1 Å². The number of anilines is 1. The van der Waals surface area contributed by atoms with Crippen LogP contribution in [0, 0.1) is 5.41 Å². The number of tetrazole rings is 1. The molecular formula is C24H29N9O. The minimum Gasteiger partial charge on any atom is -0.379 e. The van der Waals surface area contributed by atoms with Crippen molar-refractivity contribution in [3.05, 3.63) is 48.3 Å². The van der Waals surface area contributed by atoms with Crippen LogP contribution in [-0.4, -0.2) is 54.8 Å². The van der Waals surface area contributed by atoms with E-state index in [-0.39, 0.29) is 17.0 Å². The topological polar surface area (TPSA) is 139 Å². The van der Waals surface area contributed by atoms with Crippen molar-refractivity contribution in [1.29, 1.82) is 0 Å². The Kier molecular flexibility index (Phi) is 5.12. The van der Waals surface area contributed by atoms with E-state index in [1.165, 1.54) is 0 Å². The normalized spacial score (nSPS) is 21.7. The molecule has 1 saturated carbocycles. The second-order valence-corrected chi connectivity index (χ2v) is 9.71. The lowest BCUT2D eigenvalue weighted by Crippen LogP contribution is -2.53. The Balaban J connectivity index is 1.54. The SMILES string of the molecule is CNC1(C)CC[C@@H](Nc2c(C(N)=O)cnn3cc(-c4ccc(-c5nn[nH]n5)cc4)cc23)C1(C)C. The molecule has 0 radical (unpaired) electrons. The predicted octanol–water partition coefficient (Wildman–Crippen LogP) is 2.86. The van der Waals surface area contributed by atoms with E-state index in [4.69, 9.17) is 5.73 Å². The minimum atomic E-state index is -0.503. The molecule has 1 unspecified atom stereocenters. The Morgan fingerprint density at radius 1 is 1.18 bits per heavy atom. The number of fused-ring (bicyclic) bond motifs is 1. The third-order valence-electron chi connectivity index (χ3n) is 7.82. The van der Waals surface area contributed by atoms with E-state index in [9.17, 15) is 4.79 Å². The average molecular weight is 460 g/mol. The van der Waals surface area contributed by atoms with Gasteiger partial charge in [0.05, 0.1) is 23.0 Å². The first-order valence-electron chi connectivity index (χ1n) is 11.3. The Labute approximate surface area is 197 Å². The van der Waals surface area contributed by atoms with E-state index in [2.05, 4.69) is 57.1 Å². The molecule has 5 rings (SSSR count). The van der Waals surface area contributed by atoms with Gasteiger partial charge in [-0.15, -0.1) is 10.2 Å². The molecule has 5 N–H and O–H groups in total. The van der Waals surface area contributed by atoms with E-state index < -0.39 is 5.91 Å². The Bertz CT molecular complexity index is 1340. The number of amides is 1. The molecule has 1 fully saturated rings. The van der Waals surface area contributed by atoms with Gasteiger partial charge in [0, 0.05) is 34.3 Å². The van der Waals surface area contributed by atoms with Crippen LogP contribution in [-0.2, 0) is 0 Å². The van der Waals surface area contributed by atoms with Crippen molar-refractivity contribution in [3.8, 4) is 22.5 Å². The number of H-pyrrole nitrogens is 1. The quantitative estimate of drug-likeness (QED) is 0.348. The van der Waals surface area contributed by atoms with Crippen LogP contribution in [0.1, 0.15) is 44.0 Å². The fourth-order valence-electron chi connectivity index (χ4n) is 5.02. The second kappa shape index (κ2) is 7.91. The van der Waals surface area contributed by atoms with Gasteiger partial charge in [-0.25, -0.2) is 4.52 Å². The van der Waals surface area contributed by atoms with Gasteiger partial charge in [0.25, 0.3) is 5.91 Å². The number of nitrogens with two attached hydrogens (primary N) is 1. The van der Waals surface area contributed by atoms with Crippen molar-refractivity contribution in [2.45, 2.75) is 45.2 Å². The Hall–Kier alpha value is -3.79. The number of nitrogens with zero attached hydrogens (tertiary/aromatic N) is 5. The van der Waals surface area contributed by atoms with Crippen molar-refractivity contribution in [2.75, 3.05) is 12.4 Å². The molecule has 1 aromatic carbocycles. The van der Waals surface area contributed by atoms with Crippen LogP contribution < -0.4 is 16.4 Å². The van der Waals surface area contributed by atoms with Crippen molar-refractivity contribution in [2.24, 2.45) is 11.1 Å². The predicted molar refractivity (Wildman–Crippen MR) is 130 cm³/mol. The Morgan fingerprint density at radius 3 is 2.53 bits per heavy atom. The molecule has 176 valence electrons. The summed E-state index contributed by atoms with van der Waals surface area (Å²) in [6.45, 7) is 6.76. The molecule has 0 spiro atoms. The van der Waals surface area contributed by atoms with Gasteiger partial charge < -0.3 is 16.4 Å². The summed E-state index contributed by atoms with van der Waals surface area (Å²) in [7, 11) is 2.01. The van der Waals surface area contributed by atoms with Crippen LogP contribution in [0.5, 0.6) is 0 Å². The standard InChI is InChI=1S/C24H29N9O/c1-23(2)19(9-10-24(23,3)26-4)28-20-17(21(25)34)12-27-33-13-16(11-18(20)33)14-5-7-15(8-6-14)22-29-31-32-30-22/h5-8,11-13,19,26,28H,9-10H2,1-4H3,(H2,25,34)(H,29,30,31,32)/t19-,24?/m1/s1. The van der Waals surface area contributed by atoms with Gasteiger partial charge in [0.1, 0.15) is 0 Å². The first-order valence-corrected chi connectivity index (χ1v) is 11.3. The number of carbonyl (C=O) groups excluding carboxylic acids is 1. The molecule has 3 heterocycles. The number of primary amides is 1. The summed E-state index contributed by atoms with van der Waals surface area (Å²) in [5.41, 5.74) is 10.4. The number of rotatable bonds is 6. The lowest BCUT2D eigenvalue weighted by Gasteiger charge is -2.42. The molecule has 3 aromatic heterocycles. The summed E-state index contributed by atoms with van der Waals surface area (Å²) in [5.74, 6) is 0.0393. The van der Waals surface area contributed by atoms with E-state index in [0.29, 0.717) is 11.4 Å². The summed E-state index contributed by atoms with van der Waals surface area (Å²) in [6.07, 6.45) is 5.49. The molecule has 1 aliphatic carbocycles. The molecule has 10 nitrogen and oxygen atoms in total. The molecule has 10 heteroatoms. The summed E-state index contributed by atoms with van der Waals surface area (Å²) < 4.78 is 1.79. The molecule has 34 heavy (non-hydrogen) atoms. The van der Waals surface area contributed by atoms with Crippen molar-refractivity contribution >= 4 is 17.1 Å². The monoisotopic (exact) mass is 459 g/mol. The summed E-state index contributed by atoms with van der Waals surface area (Å²) in [6, 6.07) is 10.1. The van der Waals surface area contributed by atoms with E-state index in [0.717, 1.165) is 40.7 Å². The van der Waals surface area contributed by atoms with Crippen LogP contribution in [0.4, 0.5) is 5.69 Å². The molecule has 4 aromatic rings. The van der Waals surface area contributed by atoms with Crippen LogP contribution in [0.3, 0.4) is 0 Å². The number of hydrogen-bond acceptors (Lipinski definition) is 7. The molecule has 0 saturated heterocycles. The molecule has 0 bridgehead atoms. The largest absolute Gasteiger partial charge is 0.379 e. The lowest BCUT2D eigenvalue weighted by molar-refractivity contribution is 0.100. The highest BCUT2D eigenvalue weighted by Gasteiger charge is 2.51. The maximum Gasteiger partial charge on any atom is 0.252 e. The zero-order valence-corrected chi connectivity index (χ0v) is 19.8. The van der Waals surface area contributed by atoms with E-state index >= 15 is 0 Å². The zero-order valence-electron chi connectivity index (χ0n) is 19.8. The van der Waals surface area contributed by atoms with Crippen molar-refractivity contribution in [1.82, 2.24) is 35.6 Å². The molecule has 2 atom stereocenters. The molecule has 0 aliphatic heterocycles. The maximum atomic E-state index is 12.3. The molecule has 1 amide bonds. The van der Waals surface area contributed by atoms with Crippen molar-refractivity contribution in [3.63, 3.8) is 0 Å². The van der Waals surface area contributed by atoms with E-state index in [1.54, 1.807) is 10.7 Å². The maximum absolute atomic E-state index is 12.3. The van der Waals surface area contributed by atoms with Gasteiger partial charge in [-0.2, -0.15) is 10.3 Å². The van der Waals surface area contributed by atoms with Crippen molar-refractivity contribution < 1.29 is 4.79 Å². The first kappa shape index (κ1) is 22.0. The van der Waals surface area contributed by atoms with Crippen LogP contribution in [0.25, 0.3) is 28.0 Å². The van der Waals surface area contributed by atoms with Crippen LogP contribution >= 0.6 is 0 Å². The third kappa shape index (κ3) is 3.41. The second-order valence-electron chi connectivity index (χ2n) is 9.71. The number of benzene rings is 1. The summed E-state index contributed by atoms with van der Waals surface area (Å²) in [5, 5.41) is 25.7. The highest BCUT2D eigenvalue weighted by Crippen LogP contribution is 2.47. The molecule has 1 aliphatic rings. The Morgan fingerprint density at radius 2 is 1.91 bits per heavy atom.